The van der Waals surface area contributed by atoms with Gasteiger partial charge in [-0.05, 0) is 76.0 Å². The van der Waals surface area contributed by atoms with Crippen molar-refractivity contribution in [1.82, 2.24) is 24.2 Å². The van der Waals surface area contributed by atoms with Crippen LogP contribution in [0.2, 0.25) is 5.02 Å². The fraction of sp³-hybridized carbons (Fsp3) is 0.250. The quantitative estimate of drug-likeness (QED) is 0.132. The maximum absolute atomic E-state index is 13.5. The van der Waals surface area contributed by atoms with Crippen LogP contribution in [-0.4, -0.2) is 48.8 Å². The lowest BCUT2D eigenvalue weighted by atomic mass is 10.1. The van der Waals surface area contributed by atoms with E-state index in [1.54, 1.807) is 10.2 Å². The number of anilines is 2. The number of aromatic nitrogens is 4. The first-order valence-electron chi connectivity index (χ1n) is 15.4. The number of likely N-dealkylation sites (N-methyl/N-ethyl adjacent to an activating group) is 1. The predicted molar refractivity (Wildman–Crippen MR) is 194 cm³/mol. The van der Waals surface area contributed by atoms with Crippen LogP contribution < -0.4 is 10.6 Å². The Hall–Kier alpha value is -4.51. The van der Waals surface area contributed by atoms with E-state index >= 15 is 0 Å². The molecule has 3 heterocycles. The molecular weight excluding hydrogens is 632 g/mol. The summed E-state index contributed by atoms with van der Waals surface area (Å²) in [6, 6.07) is 25.5. The summed E-state index contributed by atoms with van der Waals surface area (Å²) in [4.78, 5) is 23.0. The van der Waals surface area contributed by atoms with Crippen molar-refractivity contribution in [1.29, 1.82) is 0 Å². The molecule has 47 heavy (non-hydrogen) atoms. The zero-order valence-electron chi connectivity index (χ0n) is 27.5. The molecule has 0 saturated carbocycles. The number of H-pyrrole nitrogens is 1. The van der Waals surface area contributed by atoms with E-state index in [-0.39, 0.29) is 5.60 Å². The molecule has 1 atom stereocenters. The number of hydrogen-bond acceptors (Lipinski definition) is 7. The number of hydrogen-bond donors (Lipinski definition) is 3. The maximum Gasteiger partial charge on any atom is 0.293 e. The SMILES string of the molecule is CC.CC(C)(C)OC=O.CNCCc1cc2ccc(Nc3ncc(Cl)c(-c4cn(S(=O)c5ccccc5)c5ccccc45)n3)cc2[nH]1. The molecule has 3 aromatic heterocycles. The molecule has 0 bridgehead atoms. The standard InChI is InChI=1S/C29H25ClN6OS.C5H10O2.C2H6/c1-31-14-13-21-15-19-11-12-20(16-26(19)33-21)34-29-32-17-25(30)28(35-29)24-18-36(27-10-6-5-9-23(24)27)38(37)22-7-3-2-4-8-22;1-5(2,3)7-4-6;1-2/h2-12,15-18,31,33H,13-14H2,1H3,(H,32,34,35);4H,1-3H3;1-2H3. The summed E-state index contributed by atoms with van der Waals surface area (Å²) in [6.45, 7) is 10.8. The second-order valence-electron chi connectivity index (χ2n) is 11.2. The highest BCUT2D eigenvalue weighted by molar-refractivity contribution is 7.83. The third-order valence-corrected chi connectivity index (χ3v) is 8.39. The Kier molecular flexibility index (Phi) is 12.3. The van der Waals surface area contributed by atoms with Gasteiger partial charge in [0, 0.05) is 40.6 Å². The summed E-state index contributed by atoms with van der Waals surface area (Å²) >= 11 is 6.61. The molecule has 0 aliphatic carbocycles. The topological polar surface area (TPSA) is 114 Å². The molecule has 6 rings (SSSR count). The van der Waals surface area contributed by atoms with Crippen molar-refractivity contribution in [2.75, 3.05) is 18.9 Å². The molecule has 6 aromatic rings. The third kappa shape index (κ3) is 9.06. The summed E-state index contributed by atoms with van der Waals surface area (Å²) in [5.41, 5.74) is 4.96. The summed E-state index contributed by atoms with van der Waals surface area (Å²) < 4.78 is 19.8. The van der Waals surface area contributed by atoms with Crippen LogP contribution in [0.5, 0.6) is 0 Å². The smallest absolute Gasteiger partial charge is 0.293 e. The molecular formula is C36H41ClN6O3S. The normalized spacial score (nSPS) is 11.6. The van der Waals surface area contributed by atoms with Gasteiger partial charge in [-0.25, -0.2) is 14.2 Å². The number of carbonyl (C=O) groups excluding carboxylic acids is 1. The van der Waals surface area contributed by atoms with Crippen LogP contribution in [0.25, 0.3) is 33.1 Å². The molecule has 11 heteroatoms. The number of para-hydroxylation sites is 1. The average Bonchev–Trinajstić information content (AvgIpc) is 3.66. The van der Waals surface area contributed by atoms with Crippen LogP contribution >= 0.6 is 11.6 Å². The van der Waals surface area contributed by atoms with Gasteiger partial charge >= 0.3 is 0 Å². The number of nitrogens with one attached hydrogen (secondary N) is 3. The Balaban J connectivity index is 0.000000495. The number of nitrogens with zero attached hydrogens (tertiary/aromatic N) is 3. The number of rotatable bonds is 9. The zero-order valence-corrected chi connectivity index (χ0v) is 29.1. The molecule has 246 valence electrons. The van der Waals surface area contributed by atoms with Crippen LogP contribution in [0.15, 0.2) is 96.2 Å². The second kappa shape index (κ2) is 16.4. The summed E-state index contributed by atoms with van der Waals surface area (Å²) in [7, 11) is 0.525. The van der Waals surface area contributed by atoms with Gasteiger partial charge in [0.25, 0.3) is 6.47 Å². The first-order chi connectivity index (χ1) is 22.7. The van der Waals surface area contributed by atoms with Crippen molar-refractivity contribution >= 4 is 62.5 Å². The second-order valence-corrected chi connectivity index (χ2v) is 13.0. The highest BCUT2D eigenvalue weighted by Crippen LogP contribution is 2.35. The van der Waals surface area contributed by atoms with Gasteiger partial charge in [-0.2, -0.15) is 0 Å². The van der Waals surface area contributed by atoms with Gasteiger partial charge in [-0.1, -0.05) is 67.9 Å². The zero-order chi connectivity index (χ0) is 34.0. The minimum atomic E-state index is -1.42. The Labute approximate surface area is 283 Å². The summed E-state index contributed by atoms with van der Waals surface area (Å²) in [5.74, 6) is 0.423. The van der Waals surface area contributed by atoms with Crippen LogP contribution in [0.4, 0.5) is 11.6 Å². The van der Waals surface area contributed by atoms with Gasteiger partial charge in [0.15, 0.2) is 11.0 Å². The molecule has 0 fully saturated rings. The number of carbonyl (C=O) groups is 1. The van der Waals surface area contributed by atoms with Crippen LogP contribution in [0, 0.1) is 0 Å². The molecule has 0 spiro atoms. The molecule has 3 N–H and O–H groups in total. The molecule has 0 aliphatic rings. The van der Waals surface area contributed by atoms with Crippen LogP contribution in [-0.2, 0) is 26.9 Å². The minimum absolute atomic E-state index is 0.318. The van der Waals surface area contributed by atoms with Gasteiger partial charge in [-0.3, -0.25) is 8.77 Å². The minimum Gasteiger partial charge on any atom is -0.462 e. The van der Waals surface area contributed by atoms with Crippen molar-refractivity contribution in [3.8, 4) is 11.3 Å². The fourth-order valence-corrected chi connectivity index (χ4v) is 6.02. The Morgan fingerprint density at radius 1 is 1.02 bits per heavy atom. The molecule has 1 unspecified atom stereocenters. The van der Waals surface area contributed by atoms with Gasteiger partial charge in [0.2, 0.25) is 5.95 Å². The lowest BCUT2D eigenvalue weighted by Gasteiger charge is -2.14. The summed E-state index contributed by atoms with van der Waals surface area (Å²) in [6.07, 6.45) is 4.37. The van der Waals surface area contributed by atoms with Crippen LogP contribution in [0.3, 0.4) is 0 Å². The third-order valence-electron chi connectivity index (χ3n) is 6.78. The fourth-order valence-electron chi connectivity index (χ4n) is 4.68. The van der Waals surface area contributed by atoms with E-state index in [0.29, 0.717) is 28.0 Å². The molecule has 9 nitrogen and oxygen atoms in total. The van der Waals surface area contributed by atoms with Crippen molar-refractivity contribution in [2.45, 2.75) is 51.5 Å². The lowest BCUT2D eigenvalue weighted by Crippen LogP contribution is -2.17. The maximum atomic E-state index is 13.5. The summed E-state index contributed by atoms with van der Waals surface area (Å²) in [5, 5.41) is 8.96. The van der Waals surface area contributed by atoms with Crippen LogP contribution in [0.1, 0.15) is 40.3 Å². The van der Waals surface area contributed by atoms with Gasteiger partial charge in [-0.15, -0.1) is 0 Å². The van der Waals surface area contributed by atoms with E-state index < -0.39 is 11.0 Å². The largest absolute Gasteiger partial charge is 0.462 e. The van der Waals surface area contributed by atoms with Crippen molar-refractivity contribution in [3.63, 3.8) is 0 Å². The first-order valence-corrected chi connectivity index (χ1v) is 16.9. The Morgan fingerprint density at radius 2 is 1.74 bits per heavy atom. The highest BCUT2D eigenvalue weighted by atomic mass is 35.5. The number of benzene rings is 3. The van der Waals surface area contributed by atoms with Crippen molar-refractivity contribution < 1.29 is 13.7 Å². The Bertz CT molecular complexity index is 1950. The molecule has 0 aliphatic heterocycles. The van der Waals surface area contributed by atoms with Gasteiger partial charge in [0.05, 0.1) is 27.3 Å². The van der Waals surface area contributed by atoms with E-state index in [0.717, 1.165) is 46.0 Å². The van der Waals surface area contributed by atoms with E-state index in [1.807, 2.05) is 115 Å². The number of aromatic amines is 1. The monoisotopic (exact) mass is 672 g/mol. The number of ether oxygens (including phenoxy) is 1. The molecule has 0 saturated heterocycles. The number of halogens is 1. The first kappa shape index (κ1) is 35.3. The molecule has 0 radical (unpaired) electrons. The number of fused-ring (bicyclic) bond motifs is 2. The predicted octanol–water partition coefficient (Wildman–Crippen LogP) is 8.29. The highest BCUT2D eigenvalue weighted by Gasteiger charge is 2.19. The van der Waals surface area contributed by atoms with E-state index in [2.05, 4.69) is 37.5 Å². The van der Waals surface area contributed by atoms with E-state index in [9.17, 15) is 9.00 Å². The molecule has 3 aromatic carbocycles. The van der Waals surface area contributed by atoms with Gasteiger partial charge < -0.3 is 20.4 Å². The van der Waals surface area contributed by atoms with E-state index in [1.165, 1.54) is 5.69 Å². The van der Waals surface area contributed by atoms with Gasteiger partial charge in [0.1, 0.15) is 5.60 Å². The van der Waals surface area contributed by atoms with Crippen molar-refractivity contribution in [2.24, 2.45) is 0 Å². The van der Waals surface area contributed by atoms with Crippen molar-refractivity contribution in [3.05, 3.63) is 102 Å². The Morgan fingerprint density at radius 3 is 2.43 bits per heavy atom. The van der Waals surface area contributed by atoms with E-state index in [4.69, 9.17) is 16.6 Å². The lowest BCUT2D eigenvalue weighted by molar-refractivity contribution is -0.138. The average molecular weight is 673 g/mol. The molecule has 0 amide bonds.